The number of amides is 2. The first-order valence-electron chi connectivity index (χ1n) is 7.68. The zero-order valence-electron chi connectivity index (χ0n) is 14.5. The van der Waals surface area contributed by atoms with E-state index in [4.69, 9.17) is 9.47 Å². The van der Waals surface area contributed by atoms with Gasteiger partial charge in [0.05, 0.1) is 14.2 Å². The summed E-state index contributed by atoms with van der Waals surface area (Å²) in [6.45, 7) is 5.82. The normalized spacial score (nSPS) is 10.8. The van der Waals surface area contributed by atoms with Crippen molar-refractivity contribution in [1.29, 1.82) is 0 Å². The quantitative estimate of drug-likeness (QED) is 0.570. The summed E-state index contributed by atoms with van der Waals surface area (Å²) in [5, 5.41) is 5.53. The second kappa shape index (κ2) is 8.41. The smallest absolute Gasteiger partial charge is 0.239 e. The SMILES string of the molecule is CCCCNC(=O)C(C)(C)C(=O)Nc1ccc(OC)c(OC)c1. The lowest BCUT2D eigenvalue weighted by atomic mass is 9.91. The first-order valence-corrected chi connectivity index (χ1v) is 7.68. The van der Waals surface area contributed by atoms with Crippen molar-refractivity contribution < 1.29 is 19.1 Å². The molecule has 0 bridgehead atoms. The highest BCUT2D eigenvalue weighted by molar-refractivity contribution is 6.09. The van der Waals surface area contributed by atoms with Gasteiger partial charge in [-0.15, -0.1) is 0 Å². The van der Waals surface area contributed by atoms with Crippen LogP contribution in [0, 0.1) is 5.41 Å². The maximum Gasteiger partial charge on any atom is 0.239 e. The first kappa shape index (κ1) is 18.8. The van der Waals surface area contributed by atoms with Crippen LogP contribution in [0.1, 0.15) is 33.6 Å². The van der Waals surface area contributed by atoms with Crippen LogP contribution in [0.2, 0.25) is 0 Å². The molecule has 23 heavy (non-hydrogen) atoms. The van der Waals surface area contributed by atoms with Crippen molar-refractivity contribution >= 4 is 17.5 Å². The van der Waals surface area contributed by atoms with Gasteiger partial charge in [0, 0.05) is 18.3 Å². The molecule has 0 unspecified atom stereocenters. The van der Waals surface area contributed by atoms with Crippen molar-refractivity contribution in [3.8, 4) is 11.5 Å². The number of anilines is 1. The Morgan fingerprint density at radius 3 is 2.30 bits per heavy atom. The number of unbranched alkanes of at least 4 members (excludes halogenated alkanes) is 1. The van der Waals surface area contributed by atoms with E-state index in [2.05, 4.69) is 10.6 Å². The molecule has 0 saturated carbocycles. The molecule has 2 N–H and O–H groups in total. The molecule has 128 valence electrons. The highest BCUT2D eigenvalue weighted by Gasteiger charge is 2.35. The minimum atomic E-state index is -1.17. The molecule has 1 aromatic carbocycles. The van der Waals surface area contributed by atoms with Crippen LogP contribution < -0.4 is 20.1 Å². The summed E-state index contributed by atoms with van der Waals surface area (Å²) in [6.07, 6.45) is 1.87. The number of carbonyl (C=O) groups excluding carboxylic acids is 2. The largest absolute Gasteiger partial charge is 0.493 e. The lowest BCUT2D eigenvalue weighted by molar-refractivity contribution is -0.138. The number of hydrogen-bond donors (Lipinski definition) is 2. The van der Waals surface area contributed by atoms with Crippen molar-refractivity contribution in [2.45, 2.75) is 33.6 Å². The minimum Gasteiger partial charge on any atom is -0.493 e. The third-order valence-corrected chi connectivity index (χ3v) is 3.59. The number of carbonyl (C=O) groups is 2. The van der Waals surface area contributed by atoms with E-state index in [-0.39, 0.29) is 11.8 Å². The summed E-state index contributed by atoms with van der Waals surface area (Å²) in [4.78, 5) is 24.6. The molecule has 0 aliphatic carbocycles. The van der Waals surface area contributed by atoms with E-state index in [0.29, 0.717) is 23.7 Å². The lowest BCUT2D eigenvalue weighted by Crippen LogP contribution is -2.45. The van der Waals surface area contributed by atoms with E-state index in [1.807, 2.05) is 6.92 Å². The van der Waals surface area contributed by atoms with Gasteiger partial charge in [-0.2, -0.15) is 0 Å². The summed E-state index contributed by atoms with van der Waals surface area (Å²) in [6, 6.07) is 5.05. The molecule has 6 heteroatoms. The maximum absolute atomic E-state index is 12.4. The molecular formula is C17H26N2O4. The van der Waals surface area contributed by atoms with Gasteiger partial charge in [0.2, 0.25) is 11.8 Å². The third kappa shape index (κ3) is 4.87. The van der Waals surface area contributed by atoms with Crippen LogP contribution in [-0.2, 0) is 9.59 Å². The van der Waals surface area contributed by atoms with Crippen molar-refractivity contribution in [2.75, 3.05) is 26.1 Å². The van der Waals surface area contributed by atoms with Gasteiger partial charge in [-0.25, -0.2) is 0 Å². The van der Waals surface area contributed by atoms with E-state index < -0.39 is 5.41 Å². The highest BCUT2D eigenvalue weighted by Crippen LogP contribution is 2.30. The summed E-state index contributed by atoms with van der Waals surface area (Å²) < 4.78 is 10.4. The van der Waals surface area contributed by atoms with E-state index in [9.17, 15) is 9.59 Å². The summed E-state index contributed by atoms with van der Waals surface area (Å²) in [5.74, 6) is 0.417. The number of ether oxygens (including phenoxy) is 2. The Labute approximate surface area is 137 Å². The number of methoxy groups -OCH3 is 2. The van der Waals surface area contributed by atoms with E-state index in [1.54, 1.807) is 39.2 Å². The maximum atomic E-state index is 12.4. The van der Waals surface area contributed by atoms with Crippen LogP contribution in [0.4, 0.5) is 5.69 Å². The predicted molar refractivity (Wildman–Crippen MR) is 89.9 cm³/mol. The van der Waals surface area contributed by atoms with Gasteiger partial charge in [0.1, 0.15) is 5.41 Å². The van der Waals surface area contributed by atoms with Crippen LogP contribution in [0.25, 0.3) is 0 Å². The van der Waals surface area contributed by atoms with Gasteiger partial charge in [0.25, 0.3) is 0 Å². The van der Waals surface area contributed by atoms with Gasteiger partial charge in [0.15, 0.2) is 11.5 Å². The molecular weight excluding hydrogens is 296 g/mol. The Bertz CT molecular complexity index is 556. The molecule has 0 atom stereocenters. The van der Waals surface area contributed by atoms with Crippen LogP contribution in [0.15, 0.2) is 18.2 Å². The molecule has 0 spiro atoms. The molecule has 6 nitrogen and oxygen atoms in total. The van der Waals surface area contributed by atoms with Crippen molar-refractivity contribution in [3.05, 3.63) is 18.2 Å². The fourth-order valence-corrected chi connectivity index (χ4v) is 1.90. The topological polar surface area (TPSA) is 76.7 Å². The van der Waals surface area contributed by atoms with Gasteiger partial charge in [-0.1, -0.05) is 13.3 Å². The molecule has 1 aromatic rings. The zero-order chi connectivity index (χ0) is 17.5. The average Bonchev–Trinajstić information content (AvgIpc) is 2.54. The monoisotopic (exact) mass is 322 g/mol. The Hall–Kier alpha value is -2.24. The molecule has 0 aromatic heterocycles. The molecule has 1 rings (SSSR count). The van der Waals surface area contributed by atoms with Gasteiger partial charge in [-0.3, -0.25) is 9.59 Å². The molecule has 0 aliphatic rings. The number of rotatable bonds is 8. The van der Waals surface area contributed by atoms with Crippen molar-refractivity contribution in [3.63, 3.8) is 0 Å². The number of benzene rings is 1. The minimum absolute atomic E-state index is 0.288. The van der Waals surface area contributed by atoms with Gasteiger partial charge >= 0.3 is 0 Å². The van der Waals surface area contributed by atoms with Gasteiger partial charge < -0.3 is 20.1 Å². The second-order valence-corrected chi connectivity index (χ2v) is 5.76. The van der Waals surface area contributed by atoms with Crippen LogP contribution in [0.3, 0.4) is 0 Å². The van der Waals surface area contributed by atoms with E-state index in [1.165, 1.54) is 7.11 Å². The Balaban J connectivity index is 2.79. The van der Waals surface area contributed by atoms with Crippen molar-refractivity contribution in [1.82, 2.24) is 5.32 Å². The number of nitrogens with one attached hydrogen (secondary N) is 2. The summed E-state index contributed by atoms with van der Waals surface area (Å²) in [5.41, 5.74) is -0.622. The standard InChI is InChI=1S/C17H26N2O4/c1-6-7-10-18-15(20)17(2,3)16(21)19-12-8-9-13(22-4)14(11-12)23-5/h8-9,11H,6-7,10H2,1-5H3,(H,18,20)(H,19,21). The molecule has 2 amide bonds. The molecule has 0 fully saturated rings. The van der Waals surface area contributed by atoms with E-state index >= 15 is 0 Å². The average molecular weight is 322 g/mol. The molecule has 0 saturated heterocycles. The van der Waals surface area contributed by atoms with Crippen LogP contribution >= 0.6 is 0 Å². The summed E-state index contributed by atoms with van der Waals surface area (Å²) in [7, 11) is 3.06. The van der Waals surface area contributed by atoms with Crippen LogP contribution in [-0.4, -0.2) is 32.6 Å². The molecule has 0 aliphatic heterocycles. The van der Waals surface area contributed by atoms with Crippen LogP contribution in [0.5, 0.6) is 11.5 Å². The molecule has 0 radical (unpaired) electrons. The number of hydrogen-bond acceptors (Lipinski definition) is 4. The summed E-state index contributed by atoms with van der Waals surface area (Å²) >= 11 is 0. The third-order valence-electron chi connectivity index (χ3n) is 3.59. The fourth-order valence-electron chi connectivity index (χ4n) is 1.90. The predicted octanol–water partition coefficient (Wildman–Crippen LogP) is 2.58. The fraction of sp³-hybridized carbons (Fsp3) is 0.529. The Morgan fingerprint density at radius 2 is 1.74 bits per heavy atom. The highest BCUT2D eigenvalue weighted by atomic mass is 16.5. The second-order valence-electron chi connectivity index (χ2n) is 5.76. The Morgan fingerprint density at radius 1 is 1.09 bits per heavy atom. The molecule has 0 heterocycles. The zero-order valence-corrected chi connectivity index (χ0v) is 14.5. The first-order chi connectivity index (χ1) is 10.9. The van der Waals surface area contributed by atoms with Crippen molar-refractivity contribution in [2.24, 2.45) is 5.41 Å². The van der Waals surface area contributed by atoms with E-state index in [0.717, 1.165) is 12.8 Å². The Kier molecular flexibility index (Phi) is 6.88. The lowest BCUT2D eigenvalue weighted by Gasteiger charge is -2.23. The van der Waals surface area contributed by atoms with Gasteiger partial charge in [-0.05, 0) is 32.4 Å².